The Labute approximate surface area is 113 Å². The van der Waals surface area contributed by atoms with Gasteiger partial charge >= 0.3 is 15.4 Å². The molecule has 0 spiro atoms. The second kappa shape index (κ2) is 4.45. The number of rotatable bonds is 3. The molecule has 4 bridgehead atoms. The van der Waals surface area contributed by atoms with Gasteiger partial charge in [-0.05, 0) is 68.1 Å². The summed E-state index contributed by atoms with van der Waals surface area (Å²) < 4.78 is 34.3. The highest BCUT2D eigenvalue weighted by molar-refractivity contribution is 8.00. The monoisotopic (exact) mass is 288 g/mol. The molecule has 4 aliphatic rings. The van der Waals surface area contributed by atoms with Crippen LogP contribution in [0.25, 0.3) is 0 Å². The molecule has 1 N–H and O–H groups in total. The van der Waals surface area contributed by atoms with Gasteiger partial charge < -0.3 is 4.74 Å². The molecule has 5 nitrogen and oxygen atoms in total. The van der Waals surface area contributed by atoms with Crippen LogP contribution in [-0.2, 0) is 14.9 Å². The normalized spacial score (nSPS) is 40.4. The predicted octanol–water partition coefficient (Wildman–Crippen LogP) is 2.62. The Hall–Kier alpha value is -0.620. The minimum atomic E-state index is -4.69. The molecule has 4 rings (SSSR count). The second-order valence-electron chi connectivity index (χ2n) is 6.74. The first-order valence-electron chi connectivity index (χ1n) is 7.01. The first-order valence-corrected chi connectivity index (χ1v) is 8.45. The van der Waals surface area contributed by atoms with Gasteiger partial charge in [0, 0.05) is 0 Å². The van der Waals surface area contributed by atoms with Crippen LogP contribution in [0.1, 0.15) is 44.9 Å². The van der Waals surface area contributed by atoms with Crippen LogP contribution in [0, 0.1) is 23.2 Å². The van der Waals surface area contributed by atoms with Crippen LogP contribution in [-0.4, -0.2) is 24.9 Å². The predicted molar refractivity (Wildman–Crippen MR) is 68.1 cm³/mol. The molecular weight excluding hydrogens is 268 g/mol. The summed E-state index contributed by atoms with van der Waals surface area (Å²) in [5, 5.41) is -1.52. The van der Waals surface area contributed by atoms with Crippen LogP contribution in [0.5, 0.6) is 0 Å². The molecule has 19 heavy (non-hydrogen) atoms. The summed E-state index contributed by atoms with van der Waals surface area (Å²) in [5.41, 5.74) is 0.258. The molecule has 4 fully saturated rings. The molecule has 0 aromatic rings. The highest BCUT2D eigenvalue weighted by Crippen LogP contribution is 2.61. The molecule has 0 radical (unpaired) electrons. The summed E-state index contributed by atoms with van der Waals surface area (Å²) in [6.45, 7) is 0.102. The van der Waals surface area contributed by atoms with Crippen molar-refractivity contribution in [3.05, 3.63) is 0 Å². The van der Waals surface area contributed by atoms with Crippen LogP contribution in [0.3, 0.4) is 0 Å². The van der Waals surface area contributed by atoms with Crippen LogP contribution >= 0.6 is 0 Å². The second-order valence-corrected chi connectivity index (χ2v) is 8.02. The summed E-state index contributed by atoms with van der Waals surface area (Å²) in [6, 6.07) is 0. The van der Waals surface area contributed by atoms with Crippen molar-refractivity contribution in [1.82, 2.24) is 0 Å². The van der Waals surface area contributed by atoms with Crippen LogP contribution in [0.15, 0.2) is 0 Å². The molecule has 0 aromatic carbocycles. The Morgan fingerprint density at radius 3 is 2.00 bits per heavy atom. The van der Waals surface area contributed by atoms with E-state index in [-0.39, 0.29) is 12.0 Å². The Kier molecular flexibility index (Phi) is 3.13. The molecular formula is C13H20O5S. The minimum absolute atomic E-state index is 0.102. The summed E-state index contributed by atoms with van der Waals surface area (Å²) in [6.07, 6.45) is 8.38. The highest BCUT2D eigenvalue weighted by Gasteiger charge is 2.50. The van der Waals surface area contributed by atoms with Gasteiger partial charge in [-0.25, -0.2) is 4.79 Å². The molecule has 108 valence electrons. The number of hydrogen-bond donors (Lipinski definition) is 1. The lowest BCUT2D eigenvalue weighted by Gasteiger charge is -2.57. The van der Waals surface area contributed by atoms with Gasteiger partial charge in [-0.1, -0.05) is 0 Å². The van der Waals surface area contributed by atoms with Gasteiger partial charge in [0.2, 0.25) is 0 Å². The summed E-state index contributed by atoms with van der Waals surface area (Å²) in [4.78, 5) is 11.0. The van der Waals surface area contributed by atoms with Crippen molar-refractivity contribution in [1.29, 1.82) is 0 Å². The van der Waals surface area contributed by atoms with E-state index in [9.17, 15) is 13.2 Å². The van der Waals surface area contributed by atoms with E-state index in [1.165, 1.54) is 38.5 Å². The maximum atomic E-state index is 11.0. The molecule has 0 aliphatic heterocycles. The average Bonchev–Trinajstić information content (AvgIpc) is 2.25. The van der Waals surface area contributed by atoms with E-state index in [1.807, 2.05) is 0 Å². The third kappa shape index (κ3) is 2.65. The SMILES string of the molecule is O=C(OCCC12CC3CC(CC(C3)C1)C2)S(=O)(=O)O. The smallest absolute Gasteiger partial charge is 0.451 e. The number of ether oxygens (including phenoxy) is 1. The van der Waals surface area contributed by atoms with E-state index in [0.717, 1.165) is 24.2 Å². The van der Waals surface area contributed by atoms with Crippen LogP contribution < -0.4 is 0 Å². The Balaban J connectivity index is 1.57. The third-order valence-corrected chi connectivity index (χ3v) is 5.77. The fourth-order valence-corrected chi connectivity index (χ4v) is 5.25. The highest BCUT2D eigenvalue weighted by atomic mass is 32.2. The quantitative estimate of drug-likeness (QED) is 0.637. The van der Waals surface area contributed by atoms with Crippen molar-refractivity contribution < 1.29 is 22.5 Å². The van der Waals surface area contributed by atoms with E-state index in [1.54, 1.807) is 0 Å². The Morgan fingerprint density at radius 2 is 1.58 bits per heavy atom. The molecule has 6 heteroatoms. The third-order valence-electron chi connectivity index (χ3n) is 5.23. The van der Waals surface area contributed by atoms with Gasteiger partial charge in [0.25, 0.3) is 0 Å². The fraction of sp³-hybridized carbons (Fsp3) is 0.923. The van der Waals surface area contributed by atoms with Gasteiger partial charge in [-0.2, -0.15) is 8.42 Å². The fourth-order valence-electron chi connectivity index (χ4n) is 5.02. The maximum absolute atomic E-state index is 11.0. The van der Waals surface area contributed by atoms with Crippen molar-refractivity contribution in [3.63, 3.8) is 0 Å². The zero-order valence-electron chi connectivity index (χ0n) is 10.9. The van der Waals surface area contributed by atoms with E-state index in [4.69, 9.17) is 4.55 Å². The molecule has 4 aliphatic carbocycles. The molecule has 4 saturated carbocycles. The van der Waals surface area contributed by atoms with Crippen molar-refractivity contribution in [2.45, 2.75) is 44.9 Å². The van der Waals surface area contributed by atoms with E-state index in [2.05, 4.69) is 4.74 Å². The standard InChI is InChI=1S/C13H20O5S/c14-12(19(15,16)17)18-2-1-13-6-9-3-10(7-13)5-11(4-9)8-13/h9-11H,1-8H2,(H,15,16,17). The molecule has 0 saturated heterocycles. The lowest BCUT2D eigenvalue weighted by Crippen LogP contribution is -2.46. The molecule has 0 aromatic heterocycles. The van der Waals surface area contributed by atoms with Crippen molar-refractivity contribution in [2.24, 2.45) is 23.2 Å². The van der Waals surface area contributed by atoms with Crippen LogP contribution in [0.2, 0.25) is 0 Å². The molecule has 0 heterocycles. The largest absolute Gasteiger partial charge is 0.452 e. The Bertz CT molecular complexity index is 446. The topological polar surface area (TPSA) is 80.7 Å². The van der Waals surface area contributed by atoms with Crippen molar-refractivity contribution >= 4 is 15.4 Å². The average molecular weight is 288 g/mol. The zero-order chi connectivity index (χ0) is 13.7. The number of carbonyl (C=O) groups excluding carboxylic acids is 1. The lowest BCUT2D eigenvalue weighted by atomic mass is 9.49. The van der Waals surface area contributed by atoms with Crippen molar-refractivity contribution in [2.75, 3.05) is 6.61 Å². The van der Waals surface area contributed by atoms with Gasteiger partial charge in [0.1, 0.15) is 0 Å². The molecule has 0 atom stereocenters. The Morgan fingerprint density at radius 1 is 1.11 bits per heavy atom. The summed E-state index contributed by atoms with van der Waals surface area (Å²) in [5.74, 6) is 2.47. The summed E-state index contributed by atoms with van der Waals surface area (Å²) in [7, 11) is -4.69. The first kappa shape index (κ1) is 13.4. The molecule has 0 amide bonds. The lowest BCUT2D eigenvalue weighted by molar-refractivity contribution is -0.0637. The van der Waals surface area contributed by atoms with Gasteiger partial charge in [-0.3, -0.25) is 4.55 Å². The van der Waals surface area contributed by atoms with Crippen molar-refractivity contribution in [3.8, 4) is 0 Å². The van der Waals surface area contributed by atoms with E-state index in [0.29, 0.717) is 0 Å². The van der Waals surface area contributed by atoms with E-state index >= 15 is 0 Å². The summed E-state index contributed by atoms with van der Waals surface area (Å²) >= 11 is 0. The first-order chi connectivity index (χ1) is 8.86. The number of hydrogen-bond acceptors (Lipinski definition) is 4. The van der Waals surface area contributed by atoms with Gasteiger partial charge in [0.15, 0.2) is 0 Å². The maximum Gasteiger partial charge on any atom is 0.451 e. The van der Waals surface area contributed by atoms with Crippen LogP contribution in [0.4, 0.5) is 4.79 Å². The number of carbonyl (C=O) groups is 1. The molecule has 0 unspecified atom stereocenters. The van der Waals surface area contributed by atoms with Gasteiger partial charge in [0.05, 0.1) is 6.61 Å². The van der Waals surface area contributed by atoms with E-state index < -0.39 is 15.4 Å². The zero-order valence-corrected chi connectivity index (χ0v) is 11.7. The minimum Gasteiger partial charge on any atom is -0.452 e. The van der Waals surface area contributed by atoms with Gasteiger partial charge in [-0.15, -0.1) is 0 Å².